The van der Waals surface area contributed by atoms with Crippen molar-refractivity contribution in [2.24, 2.45) is 0 Å². The summed E-state index contributed by atoms with van der Waals surface area (Å²) in [5.41, 5.74) is 2.26. The van der Waals surface area contributed by atoms with Crippen LogP contribution in [0.1, 0.15) is 21.6 Å². The molecule has 0 aliphatic rings. The molecule has 2 aromatic rings. The lowest BCUT2D eigenvalue weighted by Crippen LogP contribution is -2.14. The second-order valence-electron chi connectivity index (χ2n) is 5.01. The lowest BCUT2D eigenvalue weighted by Gasteiger charge is -2.09. The maximum Gasteiger partial charge on any atom is 0.229 e. The molecule has 0 fully saturated rings. The zero-order chi connectivity index (χ0) is 17.0. The maximum absolute atomic E-state index is 12.2. The first-order valence-electron chi connectivity index (χ1n) is 7.01. The fourth-order valence-electron chi connectivity index (χ4n) is 2.20. The van der Waals surface area contributed by atoms with Gasteiger partial charge in [0.1, 0.15) is 11.1 Å². The minimum Gasteiger partial charge on any atom is -0.493 e. The van der Waals surface area contributed by atoms with Crippen LogP contribution in [0.5, 0.6) is 11.5 Å². The number of thiophene rings is 1. The lowest BCUT2D eigenvalue weighted by atomic mass is 10.1. The third kappa shape index (κ3) is 3.63. The molecule has 6 heteroatoms. The number of anilines is 1. The molecule has 0 saturated carbocycles. The van der Waals surface area contributed by atoms with Gasteiger partial charge in [-0.25, -0.2) is 0 Å². The summed E-state index contributed by atoms with van der Waals surface area (Å²) in [6.07, 6.45) is 0.196. The number of hydrogen-bond donors (Lipinski definition) is 1. The van der Waals surface area contributed by atoms with Gasteiger partial charge in [0, 0.05) is 4.88 Å². The number of ether oxygens (including phenoxy) is 2. The van der Waals surface area contributed by atoms with E-state index >= 15 is 0 Å². The van der Waals surface area contributed by atoms with E-state index in [4.69, 9.17) is 9.47 Å². The standard InChI is InChI=1S/C17H18N2O3S/c1-10-11(2)23-17(13(10)9-18)19-16(20)8-12-5-6-14(21-3)15(7-12)22-4/h5-7H,8H2,1-4H3,(H,19,20). The van der Waals surface area contributed by atoms with Crippen molar-refractivity contribution in [1.82, 2.24) is 0 Å². The Morgan fingerprint density at radius 3 is 2.57 bits per heavy atom. The number of benzene rings is 1. The molecule has 1 heterocycles. The molecule has 2 rings (SSSR count). The monoisotopic (exact) mass is 330 g/mol. The molecule has 0 aliphatic heterocycles. The molecule has 23 heavy (non-hydrogen) atoms. The molecular formula is C17H18N2O3S. The quantitative estimate of drug-likeness (QED) is 0.911. The van der Waals surface area contributed by atoms with Crippen LogP contribution in [-0.2, 0) is 11.2 Å². The van der Waals surface area contributed by atoms with Crippen molar-refractivity contribution in [3.8, 4) is 17.6 Å². The van der Waals surface area contributed by atoms with Gasteiger partial charge in [-0.3, -0.25) is 4.79 Å². The van der Waals surface area contributed by atoms with E-state index in [1.807, 2.05) is 19.9 Å². The van der Waals surface area contributed by atoms with E-state index in [0.29, 0.717) is 22.1 Å². The van der Waals surface area contributed by atoms with Crippen LogP contribution < -0.4 is 14.8 Å². The molecule has 0 bridgehead atoms. The van der Waals surface area contributed by atoms with E-state index in [0.717, 1.165) is 16.0 Å². The van der Waals surface area contributed by atoms with Crippen LogP contribution in [0.4, 0.5) is 5.00 Å². The van der Waals surface area contributed by atoms with Crippen LogP contribution in [0, 0.1) is 25.2 Å². The second kappa shape index (κ2) is 7.16. The van der Waals surface area contributed by atoms with Gasteiger partial charge in [0.05, 0.1) is 26.2 Å². The van der Waals surface area contributed by atoms with Crippen molar-refractivity contribution in [3.63, 3.8) is 0 Å². The Labute approximate surface area is 139 Å². The summed E-state index contributed by atoms with van der Waals surface area (Å²) in [6.45, 7) is 3.82. The van der Waals surface area contributed by atoms with Crippen LogP contribution >= 0.6 is 11.3 Å². The van der Waals surface area contributed by atoms with Gasteiger partial charge in [-0.1, -0.05) is 6.07 Å². The maximum atomic E-state index is 12.2. The number of hydrogen-bond acceptors (Lipinski definition) is 5. The number of nitrogens with one attached hydrogen (secondary N) is 1. The van der Waals surface area contributed by atoms with Gasteiger partial charge in [-0.15, -0.1) is 11.3 Å². The highest BCUT2D eigenvalue weighted by Crippen LogP contribution is 2.32. The Morgan fingerprint density at radius 2 is 1.96 bits per heavy atom. The summed E-state index contributed by atoms with van der Waals surface area (Å²) in [6, 6.07) is 7.50. The summed E-state index contributed by atoms with van der Waals surface area (Å²) < 4.78 is 10.4. The number of carbonyl (C=O) groups excluding carboxylic acids is 1. The highest BCUT2D eigenvalue weighted by atomic mass is 32.1. The summed E-state index contributed by atoms with van der Waals surface area (Å²) >= 11 is 1.42. The molecule has 0 radical (unpaired) electrons. The molecule has 1 aromatic heterocycles. The minimum atomic E-state index is -0.171. The minimum absolute atomic E-state index is 0.171. The average molecular weight is 330 g/mol. The van der Waals surface area contributed by atoms with Crippen molar-refractivity contribution >= 4 is 22.2 Å². The third-order valence-electron chi connectivity index (χ3n) is 3.56. The molecule has 0 saturated heterocycles. The zero-order valence-corrected chi connectivity index (χ0v) is 14.3. The second-order valence-corrected chi connectivity index (χ2v) is 6.24. The number of amides is 1. The van der Waals surface area contributed by atoms with E-state index in [1.165, 1.54) is 11.3 Å². The number of nitrogens with zero attached hydrogens (tertiary/aromatic N) is 1. The lowest BCUT2D eigenvalue weighted by molar-refractivity contribution is -0.115. The Balaban J connectivity index is 2.14. The fourth-order valence-corrected chi connectivity index (χ4v) is 3.22. The first kappa shape index (κ1) is 16.8. The topological polar surface area (TPSA) is 71.3 Å². The molecule has 5 nitrogen and oxygen atoms in total. The van der Waals surface area contributed by atoms with Crippen molar-refractivity contribution in [2.75, 3.05) is 19.5 Å². The van der Waals surface area contributed by atoms with E-state index < -0.39 is 0 Å². The Bertz CT molecular complexity index is 775. The predicted octanol–water partition coefficient (Wildman–Crippen LogP) is 3.44. The van der Waals surface area contributed by atoms with Crippen molar-refractivity contribution in [3.05, 3.63) is 39.8 Å². The smallest absolute Gasteiger partial charge is 0.229 e. The highest BCUT2D eigenvalue weighted by molar-refractivity contribution is 7.16. The number of rotatable bonds is 5. The van der Waals surface area contributed by atoms with Crippen molar-refractivity contribution in [1.29, 1.82) is 5.26 Å². The van der Waals surface area contributed by atoms with E-state index in [1.54, 1.807) is 26.4 Å². The highest BCUT2D eigenvalue weighted by Gasteiger charge is 2.15. The Morgan fingerprint density at radius 1 is 1.26 bits per heavy atom. The molecule has 0 unspecified atom stereocenters. The molecule has 1 N–H and O–H groups in total. The summed E-state index contributed by atoms with van der Waals surface area (Å²) in [5, 5.41) is 12.6. The van der Waals surface area contributed by atoms with Gasteiger partial charge >= 0.3 is 0 Å². The first-order chi connectivity index (χ1) is 11.0. The summed E-state index contributed by atoms with van der Waals surface area (Å²) in [5.74, 6) is 1.03. The average Bonchev–Trinajstić information content (AvgIpc) is 2.80. The SMILES string of the molecule is COc1ccc(CC(=O)Nc2sc(C)c(C)c2C#N)cc1OC. The van der Waals surface area contributed by atoms with Crippen LogP contribution in [0.3, 0.4) is 0 Å². The van der Waals surface area contributed by atoms with Crippen LogP contribution in [0.25, 0.3) is 0 Å². The normalized spacial score (nSPS) is 10.0. The fraction of sp³-hybridized carbons (Fsp3) is 0.294. The van der Waals surface area contributed by atoms with E-state index in [9.17, 15) is 10.1 Å². The Hall–Kier alpha value is -2.52. The molecule has 1 aromatic carbocycles. The van der Waals surface area contributed by atoms with Gasteiger partial charge in [-0.05, 0) is 37.1 Å². The molecule has 0 spiro atoms. The van der Waals surface area contributed by atoms with Crippen LogP contribution in [0.15, 0.2) is 18.2 Å². The Kier molecular flexibility index (Phi) is 5.24. The van der Waals surface area contributed by atoms with Gasteiger partial charge in [0.2, 0.25) is 5.91 Å². The van der Waals surface area contributed by atoms with Gasteiger partial charge in [0.15, 0.2) is 11.5 Å². The molecule has 1 amide bonds. The van der Waals surface area contributed by atoms with Crippen molar-refractivity contribution < 1.29 is 14.3 Å². The summed E-state index contributed by atoms with van der Waals surface area (Å²) in [4.78, 5) is 13.3. The number of methoxy groups -OCH3 is 2. The third-order valence-corrected chi connectivity index (χ3v) is 4.69. The molecule has 120 valence electrons. The predicted molar refractivity (Wildman–Crippen MR) is 90.4 cm³/mol. The zero-order valence-electron chi connectivity index (χ0n) is 13.5. The van der Waals surface area contributed by atoms with E-state index in [2.05, 4.69) is 11.4 Å². The molecular weight excluding hydrogens is 312 g/mol. The van der Waals surface area contributed by atoms with Gasteiger partial charge < -0.3 is 14.8 Å². The van der Waals surface area contributed by atoms with Crippen LogP contribution in [0.2, 0.25) is 0 Å². The molecule has 0 atom stereocenters. The molecule has 0 aliphatic carbocycles. The van der Waals surface area contributed by atoms with Gasteiger partial charge in [0.25, 0.3) is 0 Å². The first-order valence-corrected chi connectivity index (χ1v) is 7.82. The number of aryl methyl sites for hydroxylation is 1. The van der Waals surface area contributed by atoms with E-state index in [-0.39, 0.29) is 12.3 Å². The van der Waals surface area contributed by atoms with Crippen LogP contribution in [-0.4, -0.2) is 20.1 Å². The van der Waals surface area contributed by atoms with Crippen molar-refractivity contribution in [2.45, 2.75) is 20.3 Å². The number of carbonyl (C=O) groups is 1. The summed E-state index contributed by atoms with van der Waals surface area (Å²) in [7, 11) is 3.12. The largest absolute Gasteiger partial charge is 0.493 e. The number of nitriles is 1. The van der Waals surface area contributed by atoms with Gasteiger partial charge in [-0.2, -0.15) is 5.26 Å².